The molecule has 3 saturated carbocycles. The third-order valence-electron chi connectivity index (χ3n) is 7.50. The van der Waals surface area contributed by atoms with Gasteiger partial charge in [0.25, 0.3) is 0 Å². The van der Waals surface area contributed by atoms with Crippen molar-refractivity contribution >= 4 is 12.0 Å². The second kappa shape index (κ2) is 9.01. The lowest BCUT2D eigenvalue weighted by atomic mass is 9.68. The molecule has 4 heteroatoms. The molecular formula is C25H36N2O2. The van der Waals surface area contributed by atoms with Crippen molar-refractivity contribution in [1.29, 1.82) is 0 Å². The summed E-state index contributed by atoms with van der Waals surface area (Å²) in [6.45, 7) is 2.92. The molecule has 4 nitrogen and oxygen atoms in total. The molecule has 29 heavy (non-hydrogen) atoms. The molecule has 3 fully saturated rings. The van der Waals surface area contributed by atoms with E-state index >= 15 is 0 Å². The molecule has 0 unspecified atom stereocenters. The van der Waals surface area contributed by atoms with Crippen molar-refractivity contribution in [2.24, 2.45) is 11.3 Å². The number of carbonyl (C=O) groups is 1. The fraction of sp³-hybridized carbons (Fsp3) is 0.640. The zero-order valence-electron chi connectivity index (χ0n) is 17.7. The van der Waals surface area contributed by atoms with Gasteiger partial charge in [0.05, 0.1) is 5.41 Å². The maximum Gasteiger partial charge on any atom is 0.310 e. The van der Waals surface area contributed by atoms with Gasteiger partial charge in [-0.05, 0) is 62.8 Å². The van der Waals surface area contributed by atoms with Gasteiger partial charge in [0.15, 0.2) is 0 Å². The molecule has 3 N–H and O–H groups in total. The van der Waals surface area contributed by atoms with Gasteiger partial charge in [-0.3, -0.25) is 4.79 Å². The molecule has 0 amide bonds. The summed E-state index contributed by atoms with van der Waals surface area (Å²) in [6.07, 6.45) is 12.2. The molecule has 0 bridgehead atoms. The fourth-order valence-electron chi connectivity index (χ4n) is 5.20. The summed E-state index contributed by atoms with van der Waals surface area (Å²) in [5.74, 6) is 0.0896. The van der Waals surface area contributed by atoms with E-state index in [0.717, 1.165) is 38.5 Å². The van der Waals surface area contributed by atoms with Gasteiger partial charge < -0.3 is 15.7 Å². The van der Waals surface area contributed by atoms with Gasteiger partial charge in [0, 0.05) is 24.7 Å². The van der Waals surface area contributed by atoms with Gasteiger partial charge in [0.2, 0.25) is 0 Å². The number of aliphatic carboxylic acids is 1. The quantitative estimate of drug-likeness (QED) is 0.570. The predicted octanol–water partition coefficient (Wildman–Crippen LogP) is 4.61. The van der Waals surface area contributed by atoms with Gasteiger partial charge in [0.1, 0.15) is 0 Å². The SMILES string of the molecule is CC/C(=C\c1ccccc1)[C@@H]1C[C@H]1NC1CCC(NCC2(C(=O)O)CCC2)CC1. The van der Waals surface area contributed by atoms with Gasteiger partial charge in [-0.2, -0.15) is 0 Å². The first-order valence-corrected chi connectivity index (χ1v) is 11.6. The van der Waals surface area contributed by atoms with Crippen LogP contribution in [0.25, 0.3) is 6.08 Å². The van der Waals surface area contributed by atoms with Crippen LogP contribution in [-0.2, 0) is 4.79 Å². The Morgan fingerprint density at radius 2 is 1.83 bits per heavy atom. The Morgan fingerprint density at radius 3 is 2.41 bits per heavy atom. The van der Waals surface area contributed by atoms with E-state index in [1.165, 1.54) is 24.8 Å². The lowest BCUT2D eigenvalue weighted by Crippen LogP contribution is -2.50. The smallest absolute Gasteiger partial charge is 0.310 e. The Kier molecular flexibility index (Phi) is 6.41. The van der Waals surface area contributed by atoms with Crippen LogP contribution in [0.1, 0.15) is 70.3 Å². The molecule has 0 aromatic heterocycles. The molecule has 158 valence electrons. The Morgan fingerprint density at radius 1 is 1.14 bits per heavy atom. The molecule has 0 heterocycles. The van der Waals surface area contributed by atoms with E-state index in [2.05, 4.69) is 54.0 Å². The van der Waals surface area contributed by atoms with E-state index in [1.54, 1.807) is 5.57 Å². The van der Waals surface area contributed by atoms with Crippen molar-refractivity contribution < 1.29 is 9.90 Å². The average molecular weight is 397 g/mol. The first kappa shape index (κ1) is 20.6. The first-order chi connectivity index (χ1) is 14.1. The molecule has 1 aromatic carbocycles. The van der Waals surface area contributed by atoms with Crippen LogP contribution in [0.5, 0.6) is 0 Å². The van der Waals surface area contributed by atoms with Crippen LogP contribution in [0, 0.1) is 11.3 Å². The summed E-state index contributed by atoms with van der Waals surface area (Å²) >= 11 is 0. The number of hydrogen-bond donors (Lipinski definition) is 3. The maximum atomic E-state index is 11.5. The first-order valence-electron chi connectivity index (χ1n) is 11.6. The van der Waals surface area contributed by atoms with E-state index in [1.807, 2.05) is 0 Å². The highest BCUT2D eigenvalue weighted by Gasteiger charge is 2.44. The summed E-state index contributed by atoms with van der Waals surface area (Å²) in [6, 6.07) is 12.4. The number of nitrogens with one attached hydrogen (secondary N) is 2. The number of hydrogen-bond acceptors (Lipinski definition) is 3. The van der Waals surface area contributed by atoms with Crippen molar-refractivity contribution in [3.63, 3.8) is 0 Å². The standard InChI is InChI=1S/C25H36N2O2/c1-2-19(15-18-7-4-3-5-8-18)22-16-23(22)27-21-11-9-20(10-12-21)26-17-25(24(28)29)13-6-14-25/h3-5,7-8,15,20-23,26-27H,2,6,9-14,16-17H2,1H3,(H,28,29)/b19-15+/t20?,21?,22-,23+/m0/s1. The minimum absolute atomic E-state index is 0.474. The van der Waals surface area contributed by atoms with Crippen molar-refractivity contribution in [1.82, 2.24) is 10.6 Å². The Labute approximate surface area is 175 Å². The van der Waals surface area contributed by atoms with Crippen molar-refractivity contribution in [2.75, 3.05) is 6.54 Å². The molecule has 0 spiro atoms. The summed E-state index contributed by atoms with van der Waals surface area (Å²) in [7, 11) is 0. The topological polar surface area (TPSA) is 61.4 Å². The minimum Gasteiger partial charge on any atom is -0.481 e. The molecule has 3 aliphatic rings. The van der Waals surface area contributed by atoms with Crippen LogP contribution in [0.3, 0.4) is 0 Å². The minimum atomic E-state index is -0.610. The summed E-state index contributed by atoms with van der Waals surface area (Å²) in [4.78, 5) is 11.5. The van der Waals surface area contributed by atoms with E-state index in [-0.39, 0.29) is 0 Å². The van der Waals surface area contributed by atoms with Crippen LogP contribution in [-0.4, -0.2) is 35.7 Å². The van der Waals surface area contributed by atoms with Gasteiger partial charge in [-0.25, -0.2) is 0 Å². The van der Waals surface area contributed by atoms with Crippen LogP contribution in [0.15, 0.2) is 35.9 Å². The predicted molar refractivity (Wildman–Crippen MR) is 118 cm³/mol. The highest BCUT2D eigenvalue weighted by molar-refractivity contribution is 5.76. The van der Waals surface area contributed by atoms with Gasteiger partial charge >= 0.3 is 5.97 Å². The summed E-state index contributed by atoms with van der Waals surface area (Å²) in [5, 5.41) is 17.0. The van der Waals surface area contributed by atoms with Gasteiger partial charge in [-0.15, -0.1) is 0 Å². The van der Waals surface area contributed by atoms with E-state index in [0.29, 0.717) is 30.6 Å². The number of carboxylic acid groups (broad SMARTS) is 1. The lowest BCUT2D eigenvalue weighted by molar-refractivity contribution is -0.154. The molecule has 4 rings (SSSR count). The molecule has 0 saturated heterocycles. The molecule has 0 aliphatic heterocycles. The van der Waals surface area contributed by atoms with Crippen molar-refractivity contribution in [2.45, 2.75) is 82.8 Å². The van der Waals surface area contributed by atoms with Gasteiger partial charge in [-0.1, -0.05) is 55.3 Å². The molecule has 2 atom stereocenters. The normalized spacial score (nSPS) is 31.1. The number of carboxylic acids is 1. The Hall–Kier alpha value is -1.65. The maximum absolute atomic E-state index is 11.5. The molecular weight excluding hydrogens is 360 g/mol. The largest absolute Gasteiger partial charge is 0.481 e. The highest BCUT2D eigenvalue weighted by atomic mass is 16.4. The Balaban J connectivity index is 1.20. The monoisotopic (exact) mass is 396 g/mol. The van der Waals surface area contributed by atoms with Crippen molar-refractivity contribution in [3.8, 4) is 0 Å². The zero-order valence-corrected chi connectivity index (χ0v) is 17.7. The second-order valence-electron chi connectivity index (χ2n) is 9.47. The van der Waals surface area contributed by atoms with E-state index in [4.69, 9.17) is 0 Å². The second-order valence-corrected chi connectivity index (χ2v) is 9.47. The highest BCUT2D eigenvalue weighted by Crippen LogP contribution is 2.42. The van der Waals surface area contributed by atoms with Crippen LogP contribution >= 0.6 is 0 Å². The summed E-state index contributed by atoms with van der Waals surface area (Å²) < 4.78 is 0. The lowest BCUT2D eigenvalue weighted by Gasteiger charge is -2.40. The number of benzene rings is 1. The third-order valence-corrected chi connectivity index (χ3v) is 7.50. The van der Waals surface area contributed by atoms with Crippen LogP contribution < -0.4 is 10.6 Å². The Bertz CT molecular complexity index is 718. The molecule has 0 radical (unpaired) electrons. The molecule has 1 aromatic rings. The van der Waals surface area contributed by atoms with Crippen LogP contribution in [0.2, 0.25) is 0 Å². The van der Waals surface area contributed by atoms with Crippen LogP contribution in [0.4, 0.5) is 0 Å². The average Bonchev–Trinajstić information content (AvgIpc) is 3.46. The number of rotatable bonds is 9. The fourth-order valence-corrected chi connectivity index (χ4v) is 5.20. The third kappa shape index (κ3) is 4.92. The van der Waals surface area contributed by atoms with E-state index in [9.17, 15) is 9.90 Å². The zero-order chi connectivity index (χ0) is 20.3. The summed E-state index contributed by atoms with van der Waals surface area (Å²) in [5.41, 5.74) is 2.41. The van der Waals surface area contributed by atoms with E-state index < -0.39 is 11.4 Å². The van der Waals surface area contributed by atoms with Crippen molar-refractivity contribution in [3.05, 3.63) is 41.5 Å². The molecule has 3 aliphatic carbocycles.